The van der Waals surface area contributed by atoms with E-state index in [0.29, 0.717) is 23.9 Å². The molecule has 0 aliphatic rings. The normalized spacial score (nSPS) is 11.6. The van der Waals surface area contributed by atoms with Gasteiger partial charge in [-0.05, 0) is 43.0 Å². The quantitative estimate of drug-likeness (QED) is 0.236. The minimum absolute atomic E-state index is 0. The number of aryl methyl sites for hydroxylation is 2. The van der Waals surface area contributed by atoms with Gasteiger partial charge in [0.2, 0.25) is 5.56 Å². The second kappa shape index (κ2) is 12.0. The summed E-state index contributed by atoms with van der Waals surface area (Å²) in [7, 11) is -1.50. The molecule has 0 atom stereocenters. The lowest BCUT2D eigenvalue weighted by Crippen LogP contribution is -2.37. The van der Waals surface area contributed by atoms with E-state index in [1.165, 1.54) is 6.26 Å². The van der Waals surface area contributed by atoms with Gasteiger partial charge in [-0.15, -0.1) is 24.0 Å². The lowest BCUT2D eigenvalue weighted by Gasteiger charge is -2.13. The van der Waals surface area contributed by atoms with Crippen molar-refractivity contribution in [3.8, 4) is 0 Å². The Hall–Kier alpha value is -1.88. The molecule has 160 valence electrons. The monoisotopic (exact) mass is 532 g/mol. The van der Waals surface area contributed by atoms with Crippen molar-refractivity contribution in [2.45, 2.75) is 37.8 Å². The van der Waals surface area contributed by atoms with Crippen molar-refractivity contribution in [3.63, 3.8) is 0 Å². The molecule has 0 saturated carbocycles. The maximum absolute atomic E-state index is 11.7. The highest BCUT2D eigenvalue weighted by molar-refractivity contribution is 14.0. The first-order valence-electron chi connectivity index (χ1n) is 9.21. The minimum atomic E-state index is -3.20. The number of nitrogens with one attached hydrogen (secondary N) is 2. The van der Waals surface area contributed by atoms with Gasteiger partial charge in [0.15, 0.2) is 15.8 Å². The molecule has 0 unspecified atom stereocenters. The molecule has 2 rings (SSSR count). The molecular weight excluding hydrogens is 503 g/mol. The maximum atomic E-state index is 11.7. The number of halogens is 1. The van der Waals surface area contributed by atoms with Gasteiger partial charge in [0.25, 0.3) is 0 Å². The van der Waals surface area contributed by atoms with E-state index in [9.17, 15) is 13.2 Å². The van der Waals surface area contributed by atoms with Gasteiger partial charge in [0.1, 0.15) is 0 Å². The Morgan fingerprint density at radius 3 is 2.52 bits per heavy atom. The molecule has 29 heavy (non-hydrogen) atoms. The predicted molar refractivity (Wildman–Crippen MR) is 128 cm³/mol. The highest BCUT2D eigenvalue weighted by Crippen LogP contribution is 2.16. The molecule has 0 aliphatic carbocycles. The van der Waals surface area contributed by atoms with Crippen molar-refractivity contribution in [2.75, 3.05) is 19.8 Å². The molecule has 0 saturated heterocycles. The Kier molecular flexibility index (Phi) is 10.4. The summed E-state index contributed by atoms with van der Waals surface area (Å²) in [4.78, 5) is 16.2. The van der Waals surface area contributed by atoms with Crippen LogP contribution in [0.25, 0.3) is 0 Å². The molecule has 0 bridgehead atoms. The highest BCUT2D eigenvalue weighted by atomic mass is 127. The first-order valence-corrected chi connectivity index (χ1v) is 11.1. The van der Waals surface area contributed by atoms with Crippen molar-refractivity contribution < 1.29 is 8.42 Å². The summed E-state index contributed by atoms with van der Waals surface area (Å²) in [5.41, 5.74) is 1.74. The number of benzene rings is 1. The fourth-order valence-corrected chi connectivity index (χ4v) is 3.86. The van der Waals surface area contributed by atoms with Gasteiger partial charge in [-0.3, -0.25) is 9.79 Å². The maximum Gasteiger partial charge on any atom is 0.250 e. The molecule has 1 aromatic carbocycles. The van der Waals surface area contributed by atoms with E-state index in [1.54, 1.807) is 49.0 Å². The number of rotatable bonds is 8. The van der Waals surface area contributed by atoms with Gasteiger partial charge in [-0.2, -0.15) is 0 Å². The zero-order valence-electron chi connectivity index (χ0n) is 17.0. The number of aromatic nitrogens is 1. The van der Waals surface area contributed by atoms with Crippen LogP contribution >= 0.6 is 24.0 Å². The molecule has 0 radical (unpaired) electrons. The summed E-state index contributed by atoms with van der Waals surface area (Å²) in [6, 6.07) is 10.5. The van der Waals surface area contributed by atoms with Crippen molar-refractivity contribution in [1.82, 2.24) is 15.2 Å². The molecule has 2 aromatic rings. The number of sulfone groups is 1. The van der Waals surface area contributed by atoms with Crippen LogP contribution in [0.5, 0.6) is 0 Å². The second-order valence-corrected chi connectivity index (χ2v) is 8.65. The molecule has 1 heterocycles. The number of nitrogens with zero attached hydrogens (tertiary/aromatic N) is 2. The van der Waals surface area contributed by atoms with Gasteiger partial charge in [-0.1, -0.05) is 18.2 Å². The van der Waals surface area contributed by atoms with Crippen LogP contribution in [0.1, 0.15) is 24.0 Å². The fraction of sp³-hybridized carbons (Fsp3) is 0.400. The Morgan fingerprint density at radius 1 is 1.14 bits per heavy atom. The topological polar surface area (TPSA) is 92.6 Å². The second-order valence-electron chi connectivity index (χ2n) is 6.66. The third-order valence-electron chi connectivity index (χ3n) is 4.34. The van der Waals surface area contributed by atoms with Crippen LogP contribution in [0.2, 0.25) is 0 Å². The van der Waals surface area contributed by atoms with Gasteiger partial charge >= 0.3 is 0 Å². The molecule has 0 amide bonds. The number of hydrogen-bond acceptors (Lipinski definition) is 4. The molecule has 9 heteroatoms. The number of aliphatic imine (C=N–C) groups is 1. The van der Waals surface area contributed by atoms with Gasteiger partial charge in [-0.25, -0.2) is 8.42 Å². The van der Waals surface area contributed by atoms with Crippen LogP contribution in [-0.2, 0) is 22.9 Å². The van der Waals surface area contributed by atoms with E-state index in [1.807, 2.05) is 12.1 Å². The van der Waals surface area contributed by atoms with Crippen LogP contribution in [-0.4, -0.2) is 38.8 Å². The van der Waals surface area contributed by atoms with Crippen molar-refractivity contribution >= 4 is 39.8 Å². The SMILES string of the molecule is CN=C(NCCCCn1ccccc1=O)NCc1ccc(S(C)(=O)=O)c(C)c1.I. The van der Waals surface area contributed by atoms with Gasteiger partial charge in [0.05, 0.1) is 4.90 Å². The third-order valence-corrected chi connectivity index (χ3v) is 5.60. The Bertz CT molecular complexity index is 987. The lowest BCUT2D eigenvalue weighted by atomic mass is 10.1. The standard InChI is InChI=1S/C20H28N4O3S.HI/c1-16-14-17(9-10-18(16)28(3,26)27)15-23-20(21-2)22-11-5-7-13-24-12-6-4-8-19(24)25;/h4,6,8-10,12,14H,5,7,11,13,15H2,1-3H3,(H2,21,22,23);1H. The van der Waals surface area contributed by atoms with E-state index in [2.05, 4.69) is 15.6 Å². The summed E-state index contributed by atoms with van der Waals surface area (Å²) in [6.07, 6.45) is 4.81. The average molecular weight is 532 g/mol. The van der Waals surface area contributed by atoms with E-state index >= 15 is 0 Å². The van der Waals surface area contributed by atoms with Crippen molar-refractivity contribution in [2.24, 2.45) is 4.99 Å². The Labute approximate surface area is 189 Å². The Balaban J connectivity index is 0.00000420. The van der Waals surface area contributed by atoms with Crippen LogP contribution in [0.3, 0.4) is 0 Å². The lowest BCUT2D eigenvalue weighted by molar-refractivity contribution is 0.585. The predicted octanol–water partition coefficient (Wildman–Crippen LogP) is 2.32. The molecule has 0 aliphatic heterocycles. The molecule has 7 nitrogen and oxygen atoms in total. The third kappa shape index (κ3) is 8.17. The number of pyridine rings is 1. The highest BCUT2D eigenvalue weighted by Gasteiger charge is 2.10. The molecule has 1 aromatic heterocycles. The van der Waals surface area contributed by atoms with Crippen LogP contribution in [0, 0.1) is 6.92 Å². The Morgan fingerprint density at radius 2 is 1.90 bits per heavy atom. The van der Waals surface area contributed by atoms with Gasteiger partial charge in [0, 0.05) is 45.2 Å². The summed E-state index contributed by atoms with van der Waals surface area (Å²) in [5.74, 6) is 0.682. The zero-order valence-corrected chi connectivity index (χ0v) is 20.2. The van der Waals surface area contributed by atoms with Crippen molar-refractivity contribution in [3.05, 3.63) is 64.1 Å². The van der Waals surface area contributed by atoms with E-state index in [-0.39, 0.29) is 29.5 Å². The van der Waals surface area contributed by atoms with E-state index in [0.717, 1.165) is 30.5 Å². The summed E-state index contributed by atoms with van der Waals surface area (Å²) in [6.45, 7) is 3.78. The van der Waals surface area contributed by atoms with Crippen LogP contribution < -0.4 is 16.2 Å². The summed E-state index contributed by atoms with van der Waals surface area (Å²) in [5, 5.41) is 6.47. The molecule has 0 fully saturated rings. The first kappa shape index (κ1) is 25.2. The van der Waals surface area contributed by atoms with E-state index < -0.39 is 9.84 Å². The summed E-state index contributed by atoms with van der Waals surface area (Å²) < 4.78 is 25.1. The van der Waals surface area contributed by atoms with Crippen LogP contribution in [0.4, 0.5) is 0 Å². The summed E-state index contributed by atoms with van der Waals surface area (Å²) >= 11 is 0. The minimum Gasteiger partial charge on any atom is -0.356 e. The van der Waals surface area contributed by atoms with E-state index in [4.69, 9.17) is 0 Å². The number of hydrogen-bond donors (Lipinski definition) is 2. The molecular formula is C20H29IN4O3S. The fourth-order valence-electron chi connectivity index (χ4n) is 2.90. The first-order chi connectivity index (χ1) is 13.3. The van der Waals surface area contributed by atoms with Crippen molar-refractivity contribution in [1.29, 1.82) is 0 Å². The van der Waals surface area contributed by atoms with Gasteiger partial charge < -0.3 is 15.2 Å². The zero-order chi connectivity index (χ0) is 20.6. The average Bonchev–Trinajstić information content (AvgIpc) is 2.64. The van der Waals surface area contributed by atoms with Crippen LogP contribution in [0.15, 0.2) is 57.3 Å². The smallest absolute Gasteiger partial charge is 0.250 e. The number of unbranched alkanes of at least 4 members (excludes halogenated alkanes) is 1. The molecule has 0 spiro atoms. The number of guanidine groups is 1. The molecule has 2 N–H and O–H groups in total. The largest absolute Gasteiger partial charge is 0.356 e.